The van der Waals surface area contributed by atoms with Crippen LogP contribution in [0.15, 0.2) is 53.4 Å². The maximum Gasteiger partial charge on any atom is 0.231 e. The van der Waals surface area contributed by atoms with Crippen LogP contribution in [-0.2, 0) is 14.6 Å². The maximum atomic E-state index is 13.4. The van der Waals surface area contributed by atoms with E-state index >= 15 is 0 Å². The first-order chi connectivity index (χ1) is 12.9. The molecule has 0 amide bonds. The summed E-state index contributed by atoms with van der Waals surface area (Å²) in [6.07, 6.45) is 0. The predicted octanol–water partition coefficient (Wildman–Crippen LogP) is 2.27. The lowest BCUT2D eigenvalue weighted by Crippen LogP contribution is -2.33. The quantitative estimate of drug-likeness (QED) is 0.738. The normalized spacial score (nSPS) is 26.0. The van der Waals surface area contributed by atoms with E-state index in [4.69, 9.17) is 32.2 Å². The van der Waals surface area contributed by atoms with E-state index in [-0.39, 0.29) is 23.3 Å². The van der Waals surface area contributed by atoms with Crippen LogP contribution in [0.4, 0.5) is 0 Å². The van der Waals surface area contributed by atoms with Gasteiger partial charge in [0.1, 0.15) is 0 Å². The standard InChI is InChI=1S/C19H19NO5S2/c1-23-10-19(18(20)26)16(12-7-8-14-15(9-12)25-11-24-14)17(19)27(21,22)13-5-3-2-4-6-13/h2-9,16-17H,10-11H2,1H3,(H2,20,26)/t16-,17+,19-/m0/s1. The molecule has 0 saturated heterocycles. The van der Waals surface area contributed by atoms with Crippen molar-refractivity contribution in [3.8, 4) is 11.5 Å². The van der Waals surface area contributed by atoms with E-state index in [1.54, 1.807) is 42.5 Å². The smallest absolute Gasteiger partial charge is 0.231 e. The summed E-state index contributed by atoms with van der Waals surface area (Å²) < 4.78 is 42.9. The van der Waals surface area contributed by atoms with E-state index in [2.05, 4.69) is 0 Å². The fourth-order valence-electron chi connectivity index (χ4n) is 3.97. The molecule has 1 fully saturated rings. The number of hydrogen-bond acceptors (Lipinski definition) is 6. The fraction of sp³-hybridized carbons (Fsp3) is 0.316. The van der Waals surface area contributed by atoms with Crippen LogP contribution in [0.3, 0.4) is 0 Å². The maximum absolute atomic E-state index is 13.4. The molecule has 2 aliphatic rings. The predicted molar refractivity (Wildman–Crippen MR) is 104 cm³/mol. The Morgan fingerprint density at radius 3 is 2.59 bits per heavy atom. The Bertz CT molecular complexity index is 992. The molecule has 6 nitrogen and oxygen atoms in total. The van der Waals surface area contributed by atoms with Gasteiger partial charge in [0.2, 0.25) is 6.79 Å². The highest BCUT2D eigenvalue weighted by atomic mass is 32.2. The van der Waals surface area contributed by atoms with Gasteiger partial charge in [-0.1, -0.05) is 36.5 Å². The summed E-state index contributed by atoms with van der Waals surface area (Å²) in [5.41, 5.74) is 5.88. The van der Waals surface area contributed by atoms with Crippen LogP contribution in [0.2, 0.25) is 0 Å². The second-order valence-electron chi connectivity index (χ2n) is 6.71. The van der Waals surface area contributed by atoms with E-state index in [1.807, 2.05) is 6.07 Å². The molecule has 1 heterocycles. The molecule has 0 radical (unpaired) electrons. The first kappa shape index (κ1) is 18.2. The molecule has 0 unspecified atom stereocenters. The third kappa shape index (κ3) is 2.70. The van der Waals surface area contributed by atoms with Gasteiger partial charge < -0.3 is 19.9 Å². The lowest BCUT2D eigenvalue weighted by atomic mass is 9.99. The van der Waals surface area contributed by atoms with Gasteiger partial charge in [-0.15, -0.1) is 0 Å². The highest BCUT2D eigenvalue weighted by Gasteiger charge is 2.73. The number of methoxy groups -OCH3 is 1. The zero-order chi connectivity index (χ0) is 19.2. The zero-order valence-corrected chi connectivity index (χ0v) is 16.3. The van der Waals surface area contributed by atoms with Crippen molar-refractivity contribution < 1.29 is 22.6 Å². The summed E-state index contributed by atoms with van der Waals surface area (Å²) in [6.45, 7) is 0.270. The second kappa shape index (κ2) is 6.47. The van der Waals surface area contributed by atoms with Crippen molar-refractivity contribution in [2.24, 2.45) is 11.1 Å². The number of sulfone groups is 1. The summed E-state index contributed by atoms with van der Waals surface area (Å²) in [5, 5.41) is -0.801. The molecule has 2 aromatic rings. The molecule has 1 aliphatic carbocycles. The highest BCUT2D eigenvalue weighted by Crippen LogP contribution is 2.65. The van der Waals surface area contributed by atoms with Crippen LogP contribution >= 0.6 is 12.2 Å². The minimum absolute atomic E-state index is 0.123. The van der Waals surface area contributed by atoms with Crippen LogP contribution in [-0.4, -0.2) is 39.2 Å². The SMILES string of the molecule is COC[C@@]1(C(N)=S)[C@H](S(=O)(=O)c2ccccc2)[C@@H]1c1ccc2c(c1)OCO2. The molecule has 1 aliphatic heterocycles. The summed E-state index contributed by atoms with van der Waals surface area (Å²) >= 11 is 5.31. The number of ether oxygens (including phenoxy) is 3. The Hall–Kier alpha value is -2.16. The molecule has 0 bridgehead atoms. The Morgan fingerprint density at radius 2 is 1.93 bits per heavy atom. The van der Waals surface area contributed by atoms with Crippen molar-refractivity contribution in [2.75, 3.05) is 20.5 Å². The monoisotopic (exact) mass is 405 g/mol. The number of thiocarbonyl (C=S) groups is 1. The molecule has 1 saturated carbocycles. The van der Waals surface area contributed by atoms with Crippen LogP contribution in [0.5, 0.6) is 11.5 Å². The first-order valence-corrected chi connectivity index (χ1v) is 10.4. The largest absolute Gasteiger partial charge is 0.454 e. The summed E-state index contributed by atoms with van der Waals surface area (Å²) in [5.74, 6) is 0.800. The lowest BCUT2D eigenvalue weighted by molar-refractivity contribution is 0.166. The van der Waals surface area contributed by atoms with Crippen molar-refractivity contribution in [1.29, 1.82) is 0 Å². The average Bonchev–Trinajstić information content (AvgIpc) is 3.13. The van der Waals surface area contributed by atoms with E-state index in [1.165, 1.54) is 7.11 Å². The highest BCUT2D eigenvalue weighted by molar-refractivity contribution is 7.92. The molecule has 0 spiro atoms. The summed E-state index contributed by atoms with van der Waals surface area (Å²) in [7, 11) is -2.16. The number of fused-ring (bicyclic) bond motifs is 1. The van der Waals surface area contributed by atoms with Gasteiger partial charge in [0.25, 0.3) is 0 Å². The lowest BCUT2D eigenvalue weighted by Gasteiger charge is -2.16. The van der Waals surface area contributed by atoms with Crippen molar-refractivity contribution in [1.82, 2.24) is 0 Å². The van der Waals surface area contributed by atoms with Crippen molar-refractivity contribution in [3.63, 3.8) is 0 Å². The Morgan fingerprint density at radius 1 is 1.22 bits per heavy atom. The minimum atomic E-state index is -3.67. The van der Waals surface area contributed by atoms with Gasteiger partial charge in [-0.05, 0) is 29.8 Å². The molecule has 2 aromatic carbocycles. The van der Waals surface area contributed by atoms with Gasteiger partial charge in [-0.25, -0.2) is 8.42 Å². The van der Waals surface area contributed by atoms with Crippen LogP contribution in [0.25, 0.3) is 0 Å². The molecule has 27 heavy (non-hydrogen) atoms. The summed E-state index contributed by atoms with van der Waals surface area (Å²) in [6, 6.07) is 13.8. The van der Waals surface area contributed by atoms with Gasteiger partial charge in [-0.2, -0.15) is 0 Å². The molecule has 2 N–H and O–H groups in total. The van der Waals surface area contributed by atoms with E-state index in [0.717, 1.165) is 5.56 Å². The molecular formula is C19H19NO5S2. The average molecular weight is 405 g/mol. The van der Waals surface area contributed by atoms with Crippen LogP contribution in [0, 0.1) is 5.41 Å². The van der Waals surface area contributed by atoms with Gasteiger partial charge >= 0.3 is 0 Å². The van der Waals surface area contributed by atoms with Crippen molar-refractivity contribution >= 4 is 27.0 Å². The van der Waals surface area contributed by atoms with Gasteiger partial charge in [0.05, 0.1) is 27.2 Å². The van der Waals surface area contributed by atoms with Gasteiger partial charge in [0.15, 0.2) is 21.3 Å². The number of nitrogens with two attached hydrogens (primary N) is 1. The van der Waals surface area contributed by atoms with Crippen molar-refractivity contribution in [3.05, 3.63) is 54.1 Å². The van der Waals surface area contributed by atoms with Crippen LogP contribution < -0.4 is 15.2 Å². The Kier molecular flexibility index (Phi) is 4.37. The Balaban J connectivity index is 1.82. The minimum Gasteiger partial charge on any atom is -0.454 e. The molecular weight excluding hydrogens is 386 g/mol. The third-order valence-corrected chi connectivity index (χ3v) is 7.93. The molecule has 0 aromatic heterocycles. The van der Waals surface area contributed by atoms with Gasteiger partial charge in [-0.3, -0.25) is 0 Å². The molecule has 3 atom stereocenters. The summed E-state index contributed by atoms with van der Waals surface area (Å²) in [4.78, 5) is 0.381. The zero-order valence-electron chi connectivity index (χ0n) is 14.6. The van der Waals surface area contributed by atoms with Crippen LogP contribution in [0.1, 0.15) is 11.5 Å². The number of benzene rings is 2. The fourth-order valence-corrected chi connectivity index (χ4v) is 6.76. The topological polar surface area (TPSA) is 87.9 Å². The molecule has 4 rings (SSSR count). The molecule has 8 heteroatoms. The van der Waals surface area contributed by atoms with E-state index < -0.39 is 26.4 Å². The van der Waals surface area contributed by atoms with Crippen molar-refractivity contribution in [2.45, 2.75) is 16.1 Å². The molecule has 142 valence electrons. The van der Waals surface area contributed by atoms with E-state index in [9.17, 15) is 8.42 Å². The van der Waals surface area contributed by atoms with Gasteiger partial charge in [0, 0.05) is 13.0 Å². The third-order valence-electron chi connectivity index (χ3n) is 5.26. The number of hydrogen-bond donors (Lipinski definition) is 1. The second-order valence-corrected chi connectivity index (χ2v) is 9.22. The number of rotatable bonds is 6. The Labute approximate surface area is 163 Å². The first-order valence-electron chi connectivity index (χ1n) is 8.40. The van der Waals surface area contributed by atoms with E-state index in [0.29, 0.717) is 11.5 Å².